The number of hydrogen-bond donors (Lipinski definition) is 0. The van der Waals surface area contributed by atoms with Crippen molar-refractivity contribution in [1.29, 1.82) is 0 Å². The molecule has 1 saturated heterocycles. The number of carbonyl (C=O) groups is 2. The van der Waals surface area contributed by atoms with E-state index >= 15 is 0 Å². The molecule has 6 heteroatoms. The van der Waals surface area contributed by atoms with Gasteiger partial charge in [0.05, 0.1) is 7.11 Å². The van der Waals surface area contributed by atoms with Crippen LogP contribution in [0.25, 0.3) is 0 Å². The number of rotatable bonds is 4. The highest BCUT2D eigenvalue weighted by molar-refractivity contribution is 9.10. The number of nitrogens with zero attached hydrogens (tertiary/aromatic N) is 1. The van der Waals surface area contributed by atoms with Crippen molar-refractivity contribution in [3.8, 4) is 11.5 Å². The van der Waals surface area contributed by atoms with E-state index in [4.69, 9.17) is 9.47 Å². The van der Waals surface area contributed by atoms with Crippen LogP contribution < -0.4 is 9.47 Å². The van der Waals surface area contributed by atoms with Gasteiger partial charge in [-0.15, -0.1) is 0 Å². The SMILES string of the molecule is COc1cc(Br)c2c(c1OC(C)=O)C13CC(=O)CCC1C1N(CC4CC4)CC21C3. The Morgan fingerprint density at radius 1 is 1.28 bits per heavy atom. The van der Waals surface area contributed by atoms with Gasteiger partial charge in [-0.25, -0.2) is 0 Å². The Balaban J connectivity index is 1.56. The average Bonchev–Trinajstić information content (AvgIpc) is 3.37. The second-order valence-electron chi connectivity index (χ2n) is 9.90. The zero-order chi connectivity index (χ0) is 20.1. The van der Waals surface area contributed by atoms with Gasteiger partial charge in [-0.2, -0.15) is 0 Å². The van der Waals surface area contributed by atoms with Crippen LogP contribution in [0.15, 0.2) is 10.5 Å². The minimum atomic E-state index is -0.344. The first kappa shape index (κ1) is 18.4. The molecule has 0 N–H and O–H groups in total. The Labute approximate surface area is 179 Å². The average molecular weight is 460 g/mol. The van der Waals surface area contributed by atoms with Gasteiger partial charge >= 0.3 is 5.97 Å². The summed E-state index contributed by atoms with van der Waals surface area (Å²) in [5.41, 5.74) is 2.20. The van der Waals surface area contributed by atoms with E-state index in [9.17, 15) is 9.59 Å². The van der Waals surface area contributed by atoms with Crippen LogP contribution in [0, 0.1) is 11.8 Å². The predicted molar refractivity (Wildman–Crippen MR) is 110 cm³/mol. The van der Waals surface area contributed by atoms with Crippen LogP contribution in [0.4, 0.5) is 0 Å². The quantitative estimate of drug-likeness (QED) is 0.506. The number of Topliss-reactive ketones (excluding diaryl/α,β-unsaturated/α-hetero) is 1. The summed E-state index contributed by atoms with van der Waals surface area (Å²) >= 11 is 3.83. The summed E-state index contributed by atoms with van der Waals surface area (Å²) in [6, 6.07) is 2.46. The highest BCUT2D eigenvalue weighted by Crippen LogP contribution is 2.75. The summed E-state index contributed by atoms with van der Waals surface area (Å²) in [5.74, 6) is 2.44. The first-order valence-electron chi connectivity index (χ1n) is 10.8. The highest BCUT2D eigenvalue weighted by Gasteiger charge is 2.76. The molecular formula is C23H26BrNO4. The van der Waals surface area contributed by atoms with Gasteiger partial charge in [0.1, 0.15) is 5.78 Å². The van der Waals surface area contributed by atoms with Gasteiger partial charge in [-0.3, -0.25) is 14.5 Å². The first-order chi connectivity index (χ1) is 13.9. The van der Waals surface area contributed by atoms with E-state index in [1.165, 1.54) is 31.9 Å². The molecule has 4 unspecified atom stereocenters. The molecule has 154 valence electrons. The van der Waals surface area contributed by atoms with Crippen LogP contribution >= 0.6 is 15.9 Å². The summed E-state index contributed by atoms with van der Waals surface area (Å²) in [6.45, 7) is 3.69. The van der Waals surface area contributed by atoms with E-state index < -0.39 is 0 Å². The second kappa shape index (κ2) is 5.85. The molecule has 1 aliphatic heterocycles. The molecule has 4 fully saturated rings. The molecule has 1 aromatic rings. The van der Waals surface area contributed by atoms with Gasteiger partial charge in [0, 0.05) is 59.8 Å². The van der Waals surface area contributed by atoms with Crippen molar-refractivity contribution >= 4 is 27.7 Å². The molecule has 2 bridgehead atoms. The van der Waals surface area contributed by atoms with Gasteiger partial charge in [0.25, 0.3) is 0 Å². The zero-order valence-corrected chi connectivity index (χ0v) is 18.5. The fraction of sp³-hybridized carbons (Fsp3) is 0.652. The van der Waals surface area contributed by atoms with Crippen LogP contribution in [0.5, 0.6) is 11.5 Å². The molecule has 0 aromatic heterocycles. The third-order valence-corrected chi connectivity index (χ3v) is 8.89. The summed E-state index contributed by atoms with van der Waals surface area (Å²) in [4.78, 5) is 27.4. The van der Waals surface area contributed by atoms with E-state index in [0.29, 0.717) is 42.1 Å². The molecule has 5 nitrogen and oxygen atoms in total. The first-order valence-corrected chi connectivity index (χ1v) is 11.5. The molecule has 2 spiro atoms. The van der Waals surface area contributed by atoms with Crippen LogP contribution in [0.2, 0.25) is 0 Å². The lowest BCUT2D eigenvalue weighted by Gasteiger charge is -2.59. The summed E-state index contributed by atoms with van der Waals surface area (Å²) in [7, 11) is 1.61. The van der Waals surface area contributed by atoms with Gasteiger partial charge in [0.2, 0.25) is 0 Å². The molecule has 1 aromatic carbocycles. The Morgan fingerprint density at radius 2 is 2.07 bits per heavy atom. The standard InChI is InChI=1S/C23H26BrNO4/c1-12(26)29-20-17(28-2)7-16(24)18-19(20)22-8-14(27)5-6-15(22)21-23(18,10-22)11-25(21)9-13-3-4-13/h7,13,15,21H,3-6,8-11H2,1-2H3. The molecule has 5 aliphatic rings. The minimum absolute atomic E-state index is 0.0690. The molecule has 29 heavy (non-hydrogen) atoms. The third-order valence-electron chi connectivity index (χ3n) is 8.26. The lowest BCUT2D eigenvalue weighted by Crippen LogP contribution is -2.68. The largest absolute Gasteiger partial charge is 0.493 e. The van der Waals surface area contributed by atoms with Gasteiger partial charge in [-0.05, 0) is 49.1 Å². The maximum Gasteiger partial charge on any atom is 0.308 e. The number of methoxy groups -OCH3 is 1. The second-order valence-corrected chi connectivity index (χ2v) is 10.8. The van der Waals surface area contributed by atoms with Crippen LogP contribution in [-0.4, -0.2) is 42.9 Å². The van der Waals surface area contributed by atoms with E-state index in [1.54, 1.807) is 7.11 Å². The maximum atomic E-state index is 12.7. The highest BCUT2D eigenvalue weighted by atomic mass is 79.9. The summed E-state index contributed by atoms with van der Waals surface area (Å²) < 4.78 is 12.4. The lowest BCUT2D eigenvalue weighted by molar-refractivity contribution is -0.132. The molecular weight excluding hydrogens is 434 g/mol. The number of hydrogen-bond acceptors (Lipinski definition) is 5. The molecule has 4 atom stereocenters. The number of halogens is 1. The maximum absolute atomic E-state index is 12.7. The van der Waals surface area contributed by atoms with Crippen molar-refractivity contribution in [2.24, 2.45) is 11.8 Å². The number of ether oxygens (including phenoxy) is 2. The van der Waals surface area contributed by atoms with Gasteiger partial charge in [0.15, 0.2) is 11.5 Å². The van der Waals surface area contributed by atoms with E-state index in [2.05, 4.69) is 20.8 Å². The molecule has 3 saturated carbocycles. The van der Waals surface area contributed by atoms with Crippen LogP contribution in [0.1, 0.15) is 56.6 Å². The Bertz CT molecular complexity index is 957. The normalized spacial score (nSPS) is 36.9. The van der Waals surface area contributed by atoms with Crippen molar-refractivity contribution in [3.05, 3.63) is 21.7 Å². The molecule has 0 amide bonds. The smallest absolute Gasteiger partial charge is 0.308 e. The number of carbonyl (C=O) groups excluding carboxylic acids is 2. The predicted octanol–water partition coefficient (Wildman–Crippen LogP) is 3.74. The van der Waals surface area contributed by atoms with Gasteiger partial charge < -0.3 is 9.47 Å². The van der Waals surface area contributed by atoms with Crippen LogP contribution in [0.3, 0.4) is 0 Å². The Kier molecular flexibility index (Phi) is 3.71. The fourth-order valence-corrected chi connectivity index (χ4v) is 8.23. The van der Waals surface area contributed by atoms with Crippen molar-refractivity contribution in [1.82, 2.24) is 4.90 Å². The molecule has 4 aliphatic carbocycles. The Hall–Kier alpha value is -1.40. The van der Waals surface area contributed by atoms with E-state index in [0.717, 1.165) is 35.3 Å². The minimum Gasteiger partial charge on any atom is -0.493 e. The lowest BCUT2D eigenvalue weighted by atomic mass is 9.58. The number of likely N-dealkylation sites (tertiary alicyclic amines) is 1. The zero-order valence-electron chi connectivity index (χ0n) is 16.9. The summed E-state index contributed by atoms with van der Waals surface area (Å²) in [6.07, 6.45) is 5.91. The van der Waals surface area contributed by atoms with E-state index in [-0.39, 0.29) is 16.8 Å². The Morgan fingerprint density at radius 3 is 2.76 bits per heavy atom. The van der Waals surface area contributed by atoms with Crippen LogP contribution in [-0.2, 0) is 20.4 Å². The molecule has 0 radical (unpaired) electrons. The van der Waals surface area contributed by atoms with Crippen molar-refractivity contribution in [3.63, 3.8) is 0 Å². The monoisotopic (exact) mass is 459 g/mol. The van der Waals surface area contributed by atoms with Crippen molar-refractivity contribution < 1.29 is 19.1 Å². The summed E-state index contributed by atoms with van der Waals surface area (Å²) in [5, 5.41) is 0. The molecule has 6 rings (SSSR count). The number of esters is 1. The number of fused-ring (bicyclic) bond motifs is 2. The van der Waals surface area contributed by atoms with Crippen molar-refractivity contribution in [2.45, 2.75) is 62.3 Å². The molecule has 1 heterocycles. The number of benzene rings is 1. The topological polar surface area (TPSA) is 55.8 Å². The third kappa shape index (κ3) is 2.25. The number of ketones is 1. The van der Waals surface area contributed by atoms with Gasteiger partial charge in [-0.1, -0.05) is 15.9 Å². The fourth-order valence-electron chi connectivity index (χ4n) is 7.43. The van der Waals surface area contributed by atoms with Crippen molar-refractivity contribution in [2.75, 3.05) is 20.2 Å². The van der Waals surface area contributed by atoms with E-state index in [1.807, 2.05) is 6.07 Å².